The van der Waals surface area contributed by atoms with Gasteiger partial charge in [0, 0.05) is 16.5 Å². The lowest BCUT2D eigenvalue weighted by Gasteiger charge is -2.08. The van der Waals surface area contributed by atoms with E-state index in [0.29, 0.717) is 9.79 Å². The Morgan fingerprint density at radius 3 is 2.53 bits per heavy atom. The summed E-state index contributed by atoms with van der Waals surface area (Å²) in [6, 6.07) is 10.6. The van der Waals surface area contributed by atoms with E-state index in [1.54, 1.807) is 24.3 Å². The van der Waals surface area contributed by atoms with Crippen molar-refractivity contribution in [3.8, 4) is 0 Å². The molecule has 0 saturated heterocycles. The molecule has 98 valence electrons. The van der Waals surface area contributed by atoms with Gasteiger partial charge in [0.2, 0.25) is 0 Å². The Hall–Kier alpha value is -1.92. The first-order valence-electron chi connectivity index (χ1n) is 5.43. The highest BCUT2D eigenvalue weighted by atomic mass is 32.2. The van der Waals surface area contributed by atoms with E-state index in [-0.39, 0.29) is 11.3 Å². The number of aliphatic hydroxyl groups excluding tert-OH is 1. The van der Waals surface area contributed by atoms with Crippen molar-refractivity contribution in [2.45, 2.75) is 16.4 Å². The number of aliphatic hydroxyl groups is 1. The Bertz CT molecular complexity index is 619. The van der Waals surface area contributed by atoms with Gasteiger partial charge in [0.1, 0.15) is 5.82 Å². The van der Waals surface area contributed by atoms with Crippen LogP contribution >= 0.6 is 11.8 Å². The SMILES string of the molecule is O=[N+]([O-])c1ccccc1Sc1cccc(F)c1CO. The molecule has 0 fully saturated rings. The van der Waals surface area contributed by atoms with E-state index in [1.807, 2.05) is 0 Å². The van der Waals surface area contributed by atoms with E-state index in [1.165, 1.54) is 18.2 Å². The predicted octanol–water partition coefficient (Wildman–Crippen LogP) is 3.38. The molecule has 4 nitrogen and oxygen atoms in total. The Morgan fingerprint density at radius 1 is 1.16 bits per heavy atom. The Balaban J connectivity index is 2.42. The number of nitrogens with zero attached hydrogens (tertiary/aromatic N) is 1. The standard InChI is InChI=1S/C13H10FNO3S/c14-10-4-3-7-12(9(10)8-16)19-13-6-2-1-5-11(13)15(17)18/h1-7,16H,8H2. The van der Waals surface area contributed by atoms with Crippen LogP contribution in [0.5, 0.6) is 0 Å². The zero-order valence-corrected chi connectivity index (χ0v) is 10.6. The Kier molecular flexibility index (Phi) is 4.13. The fraction of sp³-hybridized carbons (Fsp3) is 0.0769. The van der Waals surface area contributed by atoms with Gasteiger partial charge in [0.25, 0.3) is 5.69 Å². The second kappa shape index (κ2) is 5.81. The number of hydrogen-bond donors (Lipinski definition) is 1. The molecule has 0 saturated carbocycles. The Morgan fingerprint density at radius 2 is 1.84 bits per heavy atom. The maximum Gasteiger partial charge on any atom is 0.283 e. The number of rotatable bonds is 4. The van der Waals surface area contributed by atoms with Gasteiger partial charge in [-0.15, -0.1) is 0 Å². The molecule has 2 aromatic carbocycles. The molecule has 0 bridgehead atoms. The number of nitro benzene ring substituents is 1. The van der Waals surface area contributed by atoms with Crippen LogP contribution in [0, 0.1) is 15.9 Å². The van der Waals surface area contributed by atoms with Gasteiger partial charge in [-0.05, 0) is 18.2 Å². The minimum atomic E-state index is -0.522. The van der Waals surface area contributed by atoms with Crippen LogP contribution in [0.25, 0.3) is 0 Å². The zero-order valence-electron chi connectivity index (χ0n) is 9.75. The van der Waals surface area contributed by atoms with Crippen molar-refractivity contribution in [3.63, 3.8) is 0 Å². The smallest absolute Gasteiger partial charge is 0.283 e. The molecule has 1 N–H and O–H groups in total. The molecule has 0 spiro atoms. The van der Waals surface area contributed by atoms with Crippen molar-refractivity contribution in [1.29, 1.82) is 0 Å². The summed E-state index contributed by atoms with van der Waals surface area (Å²) in [7, 11) is 0. The molecular weight excluding hydrogens is 269 g/mol. The summed E-state index contributed by atoms with van der Waals surface area (Å²) in [6.45, 7) is -0.449. The normalized spacial score (nSPS) is 10.4. The van der Waals surface area contributed by atoms with Crippen molar-refractivity contribution < 1.29 is 14.4 Å². The van der Waals surface area contributed by atoms with Gasteiger partial charge in [0.15, 0.2) is 0 Å². The summed E-state index contributed by atoms with van der Waals surface area (Å²) in [5, 5.41) is 20.1. The maximum absolute atomic E-state index is 13.5. The van der Waals surface area contributed by atoms with Crippen LogP contribution in [0.4, 0.5) is 10.1 Å². The minimum absolute atomic E-state index is 0.0411. The molecule has 19 heavy (non-hydrogen) atoms. The first kappa shape index (κ1) is 13.5. The molecule has 0 aliphatic carbocycles. The van der Waals surface area contributed by atoms with Crippen LogP contribution in [-0.4, -0.2) is 10.0 Å². The lowest BCUT2D eigenvalue weighted by Crippen LogP contribution is -1.94. The molecule has 0 aliphatic rings. The summed E-state index contributed by atoms with van der Waals surface area (Å²) < 4.78 is 13.5. The third kappa shape index (κ3) is 2.91. The Labute approximate surface area is 113 Å². The zero-order chi connectivity index (χ0) is 13.8. The van der Waals surface area contributed by atoms with E-state index in [9.17, 15) is 14.5 Å². The van der Waals surface area contributed by atoms with Crippen LogP contribution in [0.2, 0.25) is 0 Å². The van der Waals surface area contributed by atoms with Crippen molar-refractivity contribution in [2.75, 3.05) is 0 Å². The molecule has 0 radical (unpaired) electrons. The highest BCUT2D eigenvalue weighted by Crippen LogP contribution is 2.36. The molecule has 2 rings (SSSR count). The quantitative estimate of drug-likeness (QED) is 0.688. The van der Waals surface area contributed by atoms with Crippen LogP contribution in [-0.2, 0) is 6.61 Å². The third-order valence-corrected chi connectivity index (χ3v) is 3.68. The monoisotopic (exact) mass is 279 g/mol. The first-order chi connectivity index (χ1) is 9.13. The van der Waals surface area contributed by atoms with Gasteiger partial charge in [-0.1, -0.05) is 30.0 Å². The van der Waals surface area contributed by atoms with Gasteiger partial charge in [-0.2, -0.15) is 0 Å². The predicted molar refractivity (Wildman–Crippen MR) is 69.5 cm³/mol. The van der Waals surface area contributed by atoms with Gasteiger partial charge in [-0.3, -0.25) is 10.1 Å². The molecule has 6 heteroatoms. The third-order valence-electron chi connectivity index (χ3n) is 2.52. The van der Waals surface area contributed by atoms with Gasteiger partial charge in [-0.25, -0.2) is 4.39 Å². The van der Waals surface area contributed by atoms with Crippen molar-refractivity contribution in [1.82, 2.24) is 0 Å². The maximum atomic E-state index is 13.5. The molecule has 2 aromatic rings. The van der Waals surface area contributed by atoms with Crippen LogP contribution in [0.15, 0.2) is 52.3 Å². The first-order valence-corrected chi connectivity index (χ1v) is 6.24. The minimum Gasteiger partial charge on any atom is -0.392 e. The van der Waals surface area contributed by atoms with Crippen molar-refractivity contribution in [3.05, 3.63) is 64.0 Å². The summed E-state index contributed by atoms with van der Waals surface area (Å²) in [5.41, 5.74) is 0.103. The average Bonchev–Trinajstić information content (AvgIpc) is 2.39. The van der Waals surface area contributed by atoms with E-state index in [2.05, 4.69) is 0 Å². The number of nitro groups is 1. The molecule has 0 unspecified atom stereocenters. The highest BCUT2D eigenvalue weighted by Gasteiger charge is 2.16. The number of para-hydroxylation sites is 1. The fourth-order valence-electron chi connectivity index (χ4n) is 1.60. The molecular formula is C13H10FNO3S. The van der Waals surface area contributed by atoms with E-state index in [0.717, 1.165) is 11.8 Å². The van der Waals surface area contributed by atoms with Crippen LogP contribution in [0.1, 0.15) is 5.56 Å². The highest BCUT2D eigenvalue weighted by molar-refractivity contribution is 7.99. The van der Waals surface area contributed by atoms with Gasteiger partial charge in [0.05, 0.1) is 16.4 Å². The van der Waals surface area contributed by atoms with Gasteiger partial charge < -0.3 is 5.11 Å². The van der Waals surface area contributed by atoms with E-state index < -0.39 is 17.3 Å². The van der Waals surface area contributed by atoms with Crippen LogP contribution in [0.3, 0.4) is 0 Å². The lowest BCUT2D eigenvalue weighted by atomic mass is 10.2. The molecule has 0 amide bonds. The summed E-state index contributed by atoms with van der Waals surface area (Å²) in [5.74, 6) is -0.522. The number of benzene rings is 2. The second-order valence-electron chi connectivity index (χ2n) is 3.70. The second-order valence-corrected chi connectivity index (χ2v) is 4.79. The summed E-state index contributed by atoms with van der Waals surface area (Å²) in [6.07, 6.45) is 0. The topological polar surface area (TPSA) is 63.4 Å². The lowest BCUT2D eigenvalue weighted by molar-refractivity contribution is -0.387. The van der Waals surface area contributed by atoms with Crippen molar-refractivity contribution in [2.24, 2.45) is 0 Å². The van der Waals surface area contributed by atoms with Crippen molar-refractivity contribution >= 4 is 17.4 Å². The largest absolute Gasteiger partial charge is 0.392 e. The fourth-order valence-corrected chi connectivity index (χ4v) is 2.66. The number of halogens is 1. The summed E-state index contributed by atoms with van der Waals surface area (Å²) in [4.78, 5) is 11.3. The van der Waals surface area contributed by atoms with Gasteiger partial charge >= 0.3 is 0 Å². The average molecular weight is 279 g/mol. The molecule has 0 aromatic heterocycles. The summed E-state index contributed by atoms with van der Waals surface area (Å²) >= 11 is 1.07. The number of hydrogen-bond acceptors (Lipinski definition) is 4. The molecule has 0 atom stereocenters. The molecule has 0 heterocycles. The van der Waals surface area contributed by atoms with E-state index >= 15 is 0 Å². The van der Waals surface area contributed by atoms with E-state index in [4.69, 9.17) is 5.11 Å². The van der Waals surface area contributed by atoms with Crippen LogP contribution < -0.4 is 0 Å². The molecule has 0 aliphatic heterocycles.